The third-order valence-electron chi connectivity index (χ3n) is 2.90. The summed E-state index contributed by atoms with van der Waals surface area (Å²) in [4.78, 5) is 0. The minimum Gasteiger partial charge on any atom is -0.487 e. The molecule has 0 bridgehead atoms. The first-order valence-electron chi connectivity index (χ1n) is 5.00. The van der Waals surface area contributed by atoms with E-state index in [-0.39, 0.29) is 11.5 Å². The van der Waals surface area contributed by atoms with Crippen molar-refractivity contribution >= 4 is 0 Å². The largest absolute Gasteiger partial charge is 0.487 e. The average molecular weight is 196 g/mol. The van der Waals surface area contributed by atoms with Gasteiger partial charge in [0, 0.05) is 5.41 Å². The SMILES string of the molecule is C=C1C(=C(C)C)OC(C(C)O)C1(C)C. The molecule has 2 atom stereocenters. The van der Waals surface area contributed by atoms with Crippen LogP contribution in [0.3, 0.4) is 0 Å². The van der Waals surface area contributed by atoms with Crippen molar-refractivity contribution in [2.75, 3.05) is 0 Å². The molecule has 1 saturated heterocycles. The lowest BCUT2D eigenvalue weighted by molar-refractivity contribution is -0.0129. The highest BCUT2D eigenvalue weighted by Gasteiger charge is 2.45. The Hall–Kier alpha value is -0.760. The Balaban J connectivity index is 3.10. The van der Waals surface area contributed by atoms with Crippen molar-refractivity contribution in [3.05, 3.63) is 23.5 Å². The molecular weight excluding hydrogens is 176 g/mol. The summed E-state index contributed by atoms with van der Waals surface area (Å²) in [5, 5.41) is 9.62. The summed E-state index contributed by atoms with van der Waals surface area (Å²) >= 11 is 0. The van der Waals surface area contributed by atoms with Crippen molar-refractivity contribution in [3.8, 4) is 0 Å². The Bertz CT molecular complexity index is 281. The molecule has 2 heteroatoms. The molecule has 80 valence electrons. The van der Waals surface area contributed by atoms with Gasteiger partial charge in [0.1, 0.15) is 11.9 Å². The van der Waals surface area contributed by atoms with Crippen LogP contribution in [0.2, 0.25) is 0 Å². The second-order valence-electron chi connectivity index (χ2n) is 4.81. The molecule has 2 nitrogen and oxygen atoms in total. The zero-order valence-electron chi connectivity index (χ0n) is 9.72. The van der Waals surface area contributed by atoms with Crippen LogP contribution in [-0.2, 0) is 4.74 Å². The van der Waals surface area contributed by atoms with E-state index in [0.717, 1.165) is 16.9 Å². The standard InChI is InChI=1S/C12H20O2/c1-7(2)10-8(3)12(5,6)11(14-10)9(4)13/h9,11,13H,3H2,1-2,4-6H3. The van der Waals surface area contributed by atoms with Crippen LogP contribution in [0.4, 0.5) is 0 Å². The number of rotatable bonds is 1. The number of hydrogen-bond acceptors (Lipinski definition) is 2. The summed E-state index contributed by atoms with van der Waals surface area (Å²) in [6.45, 7) is 13.9. The van der Waals surface area contributed by atoms with Gasteiger partial charge < -0.3 is 9.84 Å². The highest BCUT2D eigenvalue weighted by molar-refractivity contribution is 5.37. The second-order valence-corrected chi connectivity index (χ2v) is 4.81. The van der Waals surface area contributed by atoms with Crippen molar-refractivity contribution in [1.29, 1.82) is 0 Å². The van der Waals surface area contributed by atoms with Gasteiger partial charge in [-0.25, -0.2) is 0 Å². The van der Waals surface area contributed by atoms with Gasteiger partial charge in [-0.1, -0.05) is 20.4 Å². The maximum atomic E-state index is 9.62. The van der Waals surface area contributed by atoms with Gasteiger partial charge >= 0.3 is 0 Å². The van der Waals surface area contributed by atoms with E-state index in [1.165, 1.54) is 0 Å². The van der Waals surface area contributed by atoms with Gasteiger partial charge in [0.2, 0.25) is 0 Å². The Labute approximate surface area is 86.3 Å². The highest BCUT2D eigenvalue weighted by atomic mass is 16.5. The maximum absolute atomic E-state index is 9.62. The molecule has 1 aliphatic heterocycles. The number of aliphatic hydroxyl groups excluding tert-OH is 1. The number of aliphatic hydroxyl groups is 1. The average Bonchev–Trinajstić information content (AvgIpc) is 2.24. The molecule has 0 radical (unpaired) electrons. The van der Waals surface area contributed by atoms with Crippen molar-refractivity contribution in [3.63, 3.8) is 0 Å². The third-order valence-corrected chi connectivity index (χ3v) is 2.90. The monoisotopic (exact) mass is 196 g/mol. The number of hydrogen-bond donors (Lipinski definition) is 1. The first-order chi connectivity index (χ1) is 6.28. The van der Waals surface area contributed by atoms with Gasteiger partial charge in [0.05, 0.1) is 6.10 Å². The molecule has 1 heterocycles. The minimum atomic E-state index is -0.474. The lowest BCUT2D eigenvalue weighted by Gasteiger charge is -2.26. The first kappa shape index (κ1) is 11.3. The fraction of sp³-hybridized carbons (Fsp3) is 0.667. The minimum absolute atomic E-state index is 0.180. The van der Waals surface area contributed by atoms with Gasteiger partial charge in [-0.2, -0.15) is 0 Å². The fourth-order valence-electron chi connectivity index (χ4n) is 1.93. The fourth-order valence-corrected chi connectivity index (χ4v) is 1.93. The molecule has 0 aromatic rings. The molecule has 1 fully saturated rings. The van der Waals surface area contributed by atoms with Crippen LogP contribution in [0, 0.1) is 5.41 Å². The van der Waals surface area contributed by atoms with Gasteiger partial charge in [0.15, 0.2) is 0 Å². The van der Waals surface area contributed by atoms with E-state index in [1.54, 1.807) is 6.92 Å². The molecule has 0 spiro atoms. The highest BCUT2D eigenvalue weighted by Crippen LogP contribution is 2.46. The Morgan fingerprint density at radius 3 is 2.21 bits per heavy atom. The predicted octanol–water partition coefficient (Wildman–Crippen LogP) is 2.64. The normalized spacial score (nSPS) is 27.4. The predicted molar refractivity (Wildman–Crippen MR) is 57.8 cm³/mol. The Kier molecular flexibility index (Phi) is 2.77. The molecular formula is C12H20O2. The van der Waals surface area contributed by atoms with E-state index >= 15 is 0 Å². The van der Waals surface area contributed by atoms with Crippen LogP contribution in [0.25, 0.3) is 0 Å². The molecule has 1 rings (SSSR count). The van der Waals surface area contributed by atoms with Crippen LogP contribution in [0.1, 0.15) is 34.6 Å². The summed E-state index contributed by atoms with van der Waals surface area (Å²) in [6.07, 6.45) is -0.654. The second kappa shape index (κ2) is 3.43. The third kappa shape index (κ3) is 1.59. The topological polar surface area (TPSA) is 29.5 Å². The molecule has 0 aromatic carbocycles. The van der Waals surface area contributed by atoms with Crippen LogP contribution in [-0.4, -0.2) is 17.3 Å². The van der Waals surface area contributed by atoms with Crippen LogP contribution < -0.4 is 0 Å². The molecule has 0 aliphatic carbocycles. The van der Waals surface area contributed by atoms with Gasteiger partial charge in [0.25, 0.3) is 0 Å². The van der Waals surface area contributed by atoms with Gasteiger partial charge in [-0.3, -0.25) is 0 Å². The van der Waals surface area contributed by atoms with E-state index in [9.17, 15) is 5.11 Å². The maximum Gasteiger partial charge on any atom is 0.133 e. The smallest absolute Gasteiger partial charge is 0.133 e. The zero-order valence-corrected chi connectivity index (χ0v) is 9.72. The van der Waals surface area contributed by atoms with Crippen molar-refractivity contribution in [2.24, 2.45) is 5.41 Å². The van der Waals surface area contributed by atoms with Crippen LogP contribution in [0.5, 0.6) is 0 Å². The van der Waals surface area contributed by atoms with E-state index in [1.807, 2.05) is 13.8 Å². The quantitative estimate of drug-likeness (QED) is 0.698. The molecule has 0 aromatic heterocycles. The van der Waals surface area contributed by atoms with Crippen molar-refractivity contribution < 1.29 is 9.84 Å². The van der Waals surface area contributed by atoms with Gasteiger partial charge in [-0.15, -0.1) is 0 Å². The molecule has 1 N–H and O–H groups in total. The Morgan fingerprint density at radius 2 is 2.00 bits per heavy atom. The molecule has 1 aliphatic rings. The summed E-state index contributed by atoms with van der Waals surface area (Å²) in [5.74, 6) is 0.862. The van der Waals surface area contributed by atoms with E-state index < -0.39 is 6.10 Å². The van der Waals surface area contributed by atoms with E-state index in [2.05, 4.69) is 20.4 Å². The Morgan fingerprint density at radius 1 is 1.50 bits per heavy atom. The first-order valence-corrected chi connectivity index (χ1v) is 5.00. The van der Waals surface area contributed by atoms with E-state index in [4.69, 9.17) is 4.74 Å². The lowest BCUT2D eigenvalue weighted by atomic mass is 9.79. The summed E-state index contributed by atoms with van der Waals surface area (Å²) in [6, 6.07) is 0. The molecule has 2 unspecified atom stereocenters. The summed E-state index contributed by atoms with van der Waals surface area (Å²) in [7, 11) is 0. The van der Waals surface area contributed by atoms with Gasteiger partial charge in [-0.05, 0) is 31.9 Å². The number of ether oxygens (including phenoxy) is 1. The van der Waals surface area contributed by atoms with E-state index in [0.29, 0.717) is 0 Å². The lowest BCUT2D eigenvalue weighted by Crippen LogP contribution is -2.34. The summed E-state index contributed by atoms with van der Waals surface area (Å²) in [5.41, 5.74) is 1.93. The van der Waals surface area contributed by atoms with Crippen LogP contribution >= 0.6 is 0 Å². The van der Waals surface area contributed by atoms with Crippen molar-refractivity contribution in [2.45, 2.75) is 46.8 Å². The molecule has 14 heavy (non-hydrogen) atoms. The summed E-state index contributed by atoms with van der Waals surface area (Å²) < 4.78 is 5.74. The molecule has 0 saturated carbocycles. The zero-order chi connectivity index (χ0) is 11.1. The van der Waals surface area contributed by atoms with Crippen LogP contribution in [0.15, 0.2) is 23.5 Å². The molecule has 0 amide bonds. The van der Waals surface area contributed by atoms with Crippen molar-refractivity contribution in [1.82, 2.24) is 0 Å². The number of allylic oxidation sites excluding steroid dienone is 2.